The van der Waals surface area contributed by atoms with E-state index in [0.717, 1.165) is 25.0 Å². The average Bonchev–Trinajstić information content (AvgIpc) is 3.24. The van der Waals surface area contributed by atoms with Gasteiger partial charge in [0, 0.05) is 5.69 Å². The van der Waals surface area contributed by atoms with E-state index in [1.165, 1.54) is 12.1 Å². The highest BCUT2D eigenvalue weighted by atomic mass is 19.4. The van der Waals surface area contributed by atoms with Gasteiger partial charge in [0.1, 0.15) is 5.75 Å². The number of halogens is 3. The van der Waals surface area contributed by atoms with Gasteiger partial charge in [0.05, 0.1) is 12.1 Å². The van der Waals surface area contributed by atoms with Gasteiger partial charge in [-0.2, -0.15) is 0 Å². The quantitative estimate of drug-likeness (QED) is 0.782. The van der Waals surface area contributed by atoms with Crippen molar-refractivity contribution < 1.29 is 27.8 Å². The fraction of sp³-hybridized carbons (Fsp3) is 0.500. The number of carbonyl (C=O) groups excluding carboxylic acids is 1. The minimum Gasteiger partial charge on any atom is -0.406 e. The Morgan fingerprint density at radius 3 is 2.36 bits per heavy atom. The van der Waals surface area contributed by atoms with Crippen molar-refractivity contribution in [1.29, 1.82) is 0 Å². The van der Waals surface area contributed by atoms with Gasteiger partial charge in [-0.1, -0.05) is 0 Å². The molecule has 3 N–H and O–H groups in total. The van der Waals surface area contributed by atoms with Gasteiger partial charge in [-0.3, -0.25) is 0 Å². The summed E-state index contributed by atoms with van der Waals surface area (Å²) >= 11 is 0. The van der Waals surface area contributed by atoms with Crippen LogP contribution in [0.4, 0.5) is 23.7 Å². The van der Waals surface area contributed by atoms with Crippen molar-refractivity contribution in [3.63, 3.8) is 0 Å². The van der Waals surface area contributed by atoms with Crippen LogP contribution in [0, 0.1) is 5.92 Å². The normalized spacial score (nSPS) is 17.5. The van der Waals surface area contributed by atoms with Gasteiger partial charge in [0.2, 0.25) is 0 Å². The van der Waals surface area contributed by atoms with E-state index in [9.17, 15) is 23.1 Å². The van der Waals surface area contributed by atoms with Gasteiger partial charge < -0.3 is 20.5 Å². The molecule has 122 valence electrons. The molecule has 1 fully saturated rings. The second-order valence-corrected chi connectivity index (χ2v) is 5.50. The van der Waals surface area contributed by atoms with E-state index in [2.05, 4.69) is 15.4 Å². The number of alkyl halides is 3. The predicted octanol–water partition coefficient (Wildman–Crippen LogP) is 2.87. The summed E-state index contributed by atoms with van der Waals surface area (Å²) in [6.07, 6.45) is -2.86. The zero-order chi connectivity index (χ0) is 16.4. The standard InChI is InChI=1S/C14H17F3N2O3/c1-13(8-20,9-2-3-9)19-12(21)18-10-4-6-11(7-5-10)22-14(15,16)17/h4-7,9,20H,2-3,8H2,1H3,(H2,18,19,21). The molecule has 0 bridgehead atoms. The summed E-state index contributed by atoms with van der Waals surface area (Å²) in [5.41, 5.74) is -0.369. The van der Waals surface area contributed by atoms with E-state index in [1.807, 2.05) is 0 Å². The number of hydrogen-bond acceptors (Lipinski definition) is 3. The summed E-state index contributed by atoms with van der Waals surface area (Å²) in [6, 6.07) is 4.29. The highest BCUT2D eigenvalue weighted by molar-refractivity contribution is 5.89. The second kappa shape index (κ2) is 6.04. The zero-order valence-electron chi connectivity index (χ0n) is 11.9. The van der Waals surface area contributed by atoms with Gasteiger partial charge in [-0.05, 0) is 49.9 Å². The maximum absolute atomic E-state index is 12.0. The van der Waals surface area contributed by atoms with Crippen LogP contribution in [0.1, 0.15) is 19.8 Å². The summed E-state index contributed by atoms with van der Waals surface area (Å²) in [7, 11) is 0. The molecule has 1 aliphatic rings. The fourth-order valence-corrected chi connectivity index (χ4v) is 2.15. The Bertz CT molecular complexity index is 529. The molecular weight excluding hydrogens is 301 g/mol. The number of nitrogens with one attached hydrogen (secondary N) is 2. The zero-order valence-corrected chi connectivity index (χ0v) is 11.9. The molecule has 1 aromatic carbocycles. The molecule has 22 heavy (non-hydrogen) atoms. The Kier molecular flexibility index (Phi) is 4.50. The number of benzene rings is 1. The third-order valence-electron chi connectivity index (χ3n) is 3.55. The van der Waals surface area contributed by atoms with Crippen LogP contribution < -0.4 is 15.4 Å². The molecule has 2 rings (SSSR count). The molecule has 1 aliphatic carbocycles. The monoisotopic (exact) mass is 318 g/mol. The molecule has 2 amide bonds. The van der Waals surface area contributed by atoms with Crippen molar-refractivity contribution in [2.75, 3.05) is 11.9 Å². The number of hydrogen-bond donors (Lipinski definition) is 3. The average molecular weight is 318 g/mol. The lowest BCUT2D eigenvalue weighted by Gasteiger charge is -2.28. The number of anilines is 1. The third-order valence-corrected chi connectivity index (χ3v) is 3.55. The Hall–Kier alpha value is -1.96. The molecule has 0 aliphatic heterocycles. The Labute approximate surface area is 125 Å². The first-order chi connectivity index (χ1) is 10.2. The molecule has 5 nitrogen and oxygen atoms in total. The van der Waals surface area contributed by atoms with E-state index >= 15 is 0 Å². The van der Waals surface area contributed by atoms with Crippen LogP contribution in [0.3, 0.4) is 0 Å². The molecule has 1 unspecified atom stereocenters. The molecule has 1 atom stereocenters. The van der Waals surface area contributed by atoms with Gasteiger partial charge in [0.15, 0.2) is 0 Å². The number of ether oxygens (including phenoxy) is 1. The summed E-state index contributed by atoms with van der Waals surface area (Å²) in [5, 5.41) is 14.6. The largest absolute Gasteiger partial charge is 0.573 e. The molecule has 0 aromatic heterocycles. The maximum atomic E-state index is 12.0. The highest BCUT2D eigenvalue weighted by Crippen LogP contribution is 2.39. The SMILES string of the molecule is CC(CO)(NC(=O)Nc1ccc(OC(F)(F)F)cc1)C1CC1. The molecule has 8 heteroatoms. The van der Waals surface area contributed by atoms with Gasteiger partial charge in [-0.25, -0.2) is 4.79 Å². The van der Waals surface area contributed by atoms with Crippen molar-refractivity contribution in [3.8, 4) is 5.75 Å². The first-order valence-corrected chi connectivity index (χ1v) is 6.78. The molecular formula is C14H17F3N2O3. The van der Waals surface area contributed by atoms with Crippen LogP contribution >= 0.6 is 0 Å². The lowest BCUT2D eigenvalue weighted by Crippen LogP contribution is -2.52. The number of rotatable bonds is 5. The Balaban J connectivity index is 1.91. The van der Waals surface area contributed by atoms with Crippen molar-refractivity contribution in [2.24, 2.45) is 5.92 Å². The van der Waals surface area contributed by atoms with E-state index in [-0.39, 0.29) is 18.3 Å². The van der Waals surface area contributed by atoms with Gasteiger partial charge in [-0.15, -0.1) is 13.2 Å². The summed E-state index contributed by atoms with van der Waals surface area (Å²) < 4.78 is 39.8. The predicted molar refractivity (Wildman–Crippen MR) is 73.5 cm³/mol. The van der Waals surface area contributed by atoms with Crippen LogP contribution in [0.5, 0.6) is 5.75 Å². The molecule has 1 aromatic rings. The second-order valence-electron chi connectivity index (χ2n) is 5.50. The molecule has 0 saturated heterocycles. The van der Waals surface area contributed by atoms with Crippen LogP contribution in [-0.2, 0) is 0 Å². The van der Waals surface area contributed by atoms with Crippen molar-refractivity contribution >= 4 is 11.7 Å². The smallest absolute Gasteiger partial charge is 0.406 e. The van der Waals surface area contributed by atoms with E-state index < -0.39 is 17.9 Å². The van der Waals surface area contributed by atoms with Crippen LogP contribution in [0.25, 0.3) is 0 Å². The number of carbonyl (C=O) groups is 1. The van der Waals surface area contributed by atoms with Crippen molar-refractivity contribution in [2.45, 2.75) is 31.7 Å². The number of amides is 2. The maximum Gasteiger partial charge on any atom is 0.573 e. The summed E-state index contributed by atoms with van der Waals surface area (Å²) in [4.78, 5) is 11.9. The Morgan fingerprint density at radius 2 is 1.91 bits per heavy atom. The molecule has 0 spiro atoms. The molecule has 0 heterocycles. The van der Waals surface area contributed by atoms with Crippen LogP contribution in [0.2, 0.25) is 0 Å². The number of aliphatic hydroxyl groups excluding tert-OH is 1. The highest BCUT2D eigenvalue weighted by Gasteiger charge is 2.42. The van der Waals surface area contributed by atoms with E-state index in [1.54, 1.807) is 6.92 Å². The lowest BCUT2D eigenvalue weighted by molar-refractivity contribution is -0.274. The van der Waals surface area contributed by atoms with Crippen molar-refractivity contribution in [3.05, 3.63) is 24.3 Å². The summed E-state index contributed by atoms with van der Waals surface area (Å²) in [6.45, 7) is 1.58. The van der Waals surface area contributed by atoms with E-state index in [4.69, 9.17) is 0 Å². The summed E-state index contributed by atoms with van der Waals surface area (Å²) in [5.74, 6) is -0.123. The van der Waals surface area contributed by atoms with Crippen molar-refractivity contribution in [1.82, 2.24) is 5.32 Å². The molecule has 1 saturated carbocycles. The third kappa shape index (κ3) is 4.52. The minimum absolute atomic E-state index is 0.177. The van der Waals surface area contributed by atoms with E-state index in [0.29, 0.717) is 5.69 Å². The number of aliphatic hydroxyl groups is 1. The minimum atomic E-state index is -4.75. The van der Waals surface area contributed by atoms with Gasteiger partial charge >= 0.3 is 12.4 Å². The van der Waals surface area contributed by atoms with Crippen LogP contribution in [-0.4, -0.2) is 29.6 Å². The van der Waals surface area contributed by atoms with Gasteiger partial charge in [0.25, 0.3) is 0 Å². The number of urea groups is 1. The fourth-order valence-electron chi connectivity index (χ4n) is 2.15. The Morgan fingerprint density at radius 1 is 1.32 bits per heavy atom. The lowest BCUT2D eigenvalue weighted by atomic mass is 9.97. The molecule has 0 radical (unpaired) electrons. The first kappa shape index (κ1) is 16.4. The topological polar surface area (TPSA) is 70.6 Å². The van der Waals surface area contributed by atoms with Crippen LogP contribution in [0.15, 0.2) is 24.3 Å². The first-order valence-electron chi connectivity index (χ1n) is 6.78.